The second-order valence-electron chi connectivity index (χ2n) is 2.98. The second kappa shape index (κ2) is 6.27. The Morgan fingerprint density at radius 3 is 2.38 bits per heavy atom. The third-order valence-electron chi connectivity index (χ3n) is 1.90. The monoisotopic (exact) mass is 380 g/mol. The van der Waals surface area contributed by atoms with Gasteiger partial charge in [0.25, 0.3) is 4.25 Å². The summed E-state index contributed by atoms with van der Waals surface area (Å²) in [6.07, 6.45) is 0. The average molecular weight is 382 g/mol. The fraction of sp³-hybridized carbons (Fsp3) is 1.00. The maximum atomic E-state index is 12.6. The van der Waals surface area contributed by atoms with Gasteiger partial charge in [-0.2, -0.15) is 0 Å². The third-order valence-corrected chi connectivity index (χ3v) is 8.04. The van der Waals surface area contributed by atoms with E-state index < -0.39 is 16.9 Å². The molecule has 0 bridgehead atoms. The molecule has 8 heteroatoms. The van der Waals surface area contributed by atoms with Crippen LogP contribution in [0.2, 0.25) is 0 Å². The minimum atomic E-state index is -3.44. The van der Waals surface area contributed by atoms with E-state index in [0.29, 0.717) is 13.2 Å². The number of alkyl halides is 2. The minimum absolute atomic E-state index is 0.272. The summed E-state index contributed by atoms with van der Waals surface area (Å²) in [7, 11) is -3.44. The molecule has 1 saturated heterocycles. The van der Waals surface area contributed by atoms with Gasteiger partial charge in [0.05, 0.1) is 26.4 Å². The molecule has 96 valence electrons. The first-order chi connectivity index (χ1) is 7.50. The first-order valence-corrected chi connectivity index (χ1v) is 8.23. The highest BCUT2D eigenvalue weighted by Gasteiger charge is 2.57. The van der Waals surface area contributed by atoms with Crippen molar-refractivity contribution >= 4 is 39.5 Å². The van der Waals surface area contributed by atoms with Crippen LogP contribution in [0.15, 0.2) is 0 Å². The van der Waals surface area contributed by atoms with Crippen LogP contribution in [0.5, 0.6) is 0 Å². The van der Waals surface area contributed by atoms with Crippen molar-refractivity contribution in [1.29, 1.82) is 0 Å². The summed E-state index contributed by atoms with van der Waals surface area (Å²) < 4.78 is 32.6. The van der Waals surface area contributed by atoms with Crippen LogP contribution in [-0.4, -0.2) is 35.7 Å². The lowest BCUT2D eigenvalue weighted by atomic mass is 10.6. The highest BCUT2D eigenvalue weighted by molar-refractivity contribution is 9.13. The first-order valence-electron chi connectivity index (χ1n) is 4.98. The molecule has 0 amide bonds. The lowest BCUT2D eigenvalue weighted by molar-refractivity contribution is -0.0916. The van der Waals surface area contributed by atoms with Crippen molar-refractivity contribution in [2.75, 3.05) is 26.4 Å². The van der Waals surface area contributed by atoms with Crippen LogP contribution in [0.3, 0.4) is 0 Å². The molecule has 0 aliphatic carbocycles. The molecule has 0 N–H and O–H groups in total. The molecule has 0 aromatic carbocycles. The van der Waals surface area contributed by atoms with Gasteiger partial charge in [0, 0.05) is 0 Å². The van der Waals surface area contributed by atoms with Crippen molar-refractivity contribution in [1.82, 2.24) is 0 Å². The summed E-state index contributed by atoms with van der Waals surface area (Å²) in [5, 5.41) is -0.585. The fourth-order valence-electron chi connectivity index (χ4n) is 1.26. The highest BCUT2D eigenvalue weighted by Crippen LogP contribution is 2.67. The minimum Gasteiger partial charge on any atom is -0.360 e. The van der Waals surface area contributed by atoms with Crippen molar-refractivity contribution < 1.29 is 23.1 Å². The van der Waals surface area contributed by atoms with E-state index in [9.17, 15) is 4.57 Å². The van der Waals surface area contributed by atoms with E-state index in [2.05, 4.69) is 31.9 Å². The van der Waals surface area contributed by atoms with Gasteiger partial charge in [-0.25, -0.2) is 0 Å². The average Bonchev–Trinajstić information content (AvgIpc) is 2.23. The van der Waals surface area contributed by atoms with Gasteiger partial charge in [-0.3, -0.25) is 4.57 Å². The molecule has 1 fully saturated rings. The molecular weight excluding hydrogens is 367 g/mol. The van der Waals surface area contributed by atoms with E-state index in [4.69, 9.17) is 18.5 Å². The van der Waals surface area contributed by atoms with Crippen molar-refractivity contribution in [2.45, 2.75) is 23.1 Å². The summed E-state index contributed by atoms with van der Waals surface area (Å²) in [6.45, 7) is 4.80. The summed E-state index contributed by atoms with van der Waals surface area (Å²) in [5.74, 6) is 0. The van der Waals surface area contributed by atoms with Crippen molar-refractivity contribution in [2.24, 2.45) is 0 Å². The maximum absolute atomic E-state index is 12.6. The zero-order chi connectivity index (χ0) is 12.2. The molecule has 1 heterocycles. The Balaban J connectivity index is 2.94. The maximum Gasteiger partial charge on any atom is 0.376 e. The van der Waals surface area contributed by atoms with Gasteiger partial charge in [-0.1, -0.05) is 15.9 Å². The third kappa shape index (κ3) is 2.88. The fourth-order valence-corrected chi connectivity index (χ4v) is 4.92. The number of halogens is 2. The SMILES string of the molecule is CCOP(=O)(OCC)C1(Br)OCCOC1Br. The highest BCUT2D eigenvalue weighted by atomic mass is 79.9. The Hall–Kier alpha value is 1.03. The zero-order valence-corrected chi connectivity index (χ0v) is 13.2. The van der Waals surface area contributed by atoms with Crippen LogP contribution < -0.4 is 0 Å². The summed E-state index contributed by atoms with van der Waals surface area (Å²) >= 11 is 6.54. The topological polar surface area (TPSA) is 54.0 Å². The predicted octanol–water partition coefficient (Wildman–Crippen LogP) is 3.07. The smallest absolute Gasteiger partial charge is 0.360 e. The number of ether oxygens (including phenoxy) is 2. The van der Waals surface area contributed by atoms with Gasteiger partial charge in [0.1, 0.15) is 0 Å². The quantitative estimate of drug-likeness (QED) is 0.541. The summed E-state index contributed by atoms with van der Waals surface area (Å²) in [5.41, 5.74) is 0. The zero-order valence-electron chi connectivity index (χ0n) is 9.15. The van der Waals surface area contributed by atoms with Crippen molar-refractivity contribution in [3.63, 3.8) is 0 Å². The van der Waals surface area contributed by atoms with Crippen LogP contribution >= 0.6 is 39.5 Å². The van der Waals surface area contributed by atoms with Crippen LogP contribution in [-0.2, 0) is 23.1 Å². The van der Waals surface area contributed by atoms with Crippen LogP contribution in [0.25, 0.3) is 0 Å². The van der Waals surface area contributed by atoms with Gasteiger partial charge in [0.15, 0.2) is 5.01 Å². The first kappa shape index (κ1) is 15.1. The molecule has 5 nitrogen and oxygen atoms in total. The molecule has 0 aromatic heterocycles. The Bertz CT molecular complexity index is 267. The Morgan fingerprint density at radius 2 is 1.94 bits per heavy atom. The van der Waals surface area contributed by atoms with Gasteiger partial charge in [0.2, 0.25) is 0 Å². The summed E-state index contributed by atoms with van der Waals surface area (Å²) in [6, 6.07) is 0. The molecule has 2 unspecified atom stereocenters. The molecule has 1 rings (SSSR count). The van der Waals surface area contributed by atoms with Gasteiger partial charge in [-0.15, -0.1) is 0 Å². The van der Waals surface area contributed by atoms with Crippen LogP contribution in [0.4, 0.5) is 0 Å². The molecule has 1 aliphatic rings. The largest absolute Gasteiger partial charge is 0.376 e. The van der Waals surface area contributed by atoms with Crippen molar-refractivity contribution in [3.8, 4) is 0 Å². The van der Waals surface area contributed by atoms with E-state index >= 15 is 0 Å². The van der Waals surface area contributed by atoms with Gasteiger partial charge in [-0.05, 0) is 29.8 Å². The lowest BCUT2D eigenvalue weighted by Crippen LogP contribution is -2.43. The van der Waals surface area contributed by atoms with E-state index in [1.54, 1.807) is 13.8 Å². The van der Waals surface area contributed by atoms with Gasteiger partial charge >= 0.3 is 7.60 Å². The number of hydrogen-bond acceptors (Lipinski definition) is 5. The molecule has 2 atom stereocenters. The van der Waals surface area contributed by atoms with Gasteiger partial charge < -0.3 is 18.5 Å². The molecule has 0 aromatic rings. The van der Waals surface area contributed by atoms with E-state index in [1.807, 2.05) is 0 Å². The normalized spacial score (nSPS) is 31.6. The Kier molecular flexibility index (Phi) is 5.91. The van der Waals surface area contributed by atoms with Crippen LogP contribution in [0, 0.1) is 0 Å². The lowest BCUT2D eigenvalue weighted by Gasteiger charge is -2.39. The molecule has 0 saturated carbocycles. The summed E-state index contributed by atoms with van der Waals surface area (Å²) in [4.78, 5) is 0. The Labute approximate surface area is 112 Å². The number of hydrogen-bond donors (Lipinski definition) is 0. The molecule has 0 radical (unpaired) electrons. The van der Waals surface area contributed by atoms with Crippen LogP contribution in [0.1, 0.15) is 13.8 Å². The standard InChI is InChI=1S/C8H15Br2O5P/c1-3-14-16(11,15-4-2)8(10)7(9)12-5-6-13-8/h7H,3-6H2,1-2H3. The predicted molar refractivity (Wildman–Crippen MR) is 67.1 cm³/mol. The second-order valence-corrected chi connectivity index (χ2v) is 7.78. The molecule has 16 heavy (non-hydrogen) atoms. The number of rotatable bonds is 5. The van der Waals surface area contributed by atoms with E-state index in [-0.39, 0.29) is 13.2 Å². The Morgan fingerprint density at radius 1 is 1.38 bits per heavy atom. The van der Waals surface area contributed by atoms with E-state index in [1.165, 1.54) is 0 Å². The molecular formula is C8H15Br2O5P. The molecule has 1 aliphatic heterocycles. The van der Waals surface area contributed by atoms with Crippen molar-refractivity contribution in [3.05, 3.63) is 0 Å². The molecule has 0 spiro atoms. The van der Waals surface area contributed by atoms with E-state index in [0.717, 1.165) is 0 Å².